The monoisotopic (exact) mass is 402 g/mol. The fourth-order valence-electron chi connectivity index (χ4n) is 2.48. The minimum absolute atomic E-state index is 0.0796. The van der Waals surface area contributed by atoms with Crippen LogP contribution in [0, 0.1) is 36.5 Å². The third-order valence-corrected chi connectivity index (χ3v) is 8.12. The molecule has 0 unspecified atom stereocenters. The summed E-state index contributed by atoms with van der Waals surface area (Å²) in [5.41, 5.74) is 1.69. The van der Waals surface area contributed by atoms with Gasteiger partial charge < -0.3 is 0 Å². The molecular weight excluding hydrogens is 384 g/mol. The van der Waals surface area contributed by atoms with Gasteiger partial charge in [0, 0.05) is 6.42 Å². The van der Waals surface area contributed by atoms with Crippen molar-refractivity contribution >= 4 is 19.7 Å². The molecule has 2 rings (SSSR count). The molecule has 0 heterocycles. The lowest BCUT2D eigenvalue weighted by atomic mass is 10.2. The molecule has 0 spiro atoms. The van der Waals surface area contributed by atoms with E-state index in [1.54, 1.807) is 50.3 Å². The van der Waals surface area contributed by atoms with Gasteiger partial charge in [0.2, 0.25) is 0 Å². The van der Waals surface area contributed by atoms with Gasteiger partial charge >= 0.3 is 0 Å². The molecule has 0 saturated heterocycles. The van der Waals surface area contributed by atoms with Gasteiger partial charge in [0.25, 0.3) is 0 Å². The molecule has 0 aliphatic heterocycles. The minimum Gasteiger partial charge on any atom is -0.222 e. The quantitative estimate of drug-likeness (QED) is 0.733. The number of nitriles is 2. The molecule has 0 bridgehead atoms. The maximum Gasteiger partial charge on any atom is 0.194 e. The van der Waals surface area contributed by atoms with Crippen molar-refractivity contribution in [2.45, 2.75) is 40.6 Å². The van der Waals surface area contributed by atoms with Gasteiger partial charge in [0.1, 0.15) is 0 Å². The van der Waals surface area contributed by atoms with Gasteiger partial charge in [-0.2, -0.15) is 10.5 Å². The van der Waals surface area contributed by atoms with E-state index in [1.165, 1.54) is 24.3 Å². The van der Waals surface area contributed by atoms with Crippen LogP contribution in [0.1, 0.15) is 17.5 Å². The van der Waals surface area contributed by atoms with E-state index < -0.39 is 36.6 Å². The Balaban J connectivity index is 2.38. The molecule has 0 N–H and O–H groups in total. The Labute approximate surface area is 159 Å². The molecule has 2 aromatic rings. The van der Waals surface area contributed by atoms with Gasteiger partial charge in [-0.15, -0.1) is 0 Å². The van der Waals surface area contributed by atoms with E-state index in [2.05, 4.69) is 0 Å². The van der Waals surface area contributed by atoms with Gasteiger partial charge in [-0.25, -0.2) is 16.8 Å². The average molecular weight is 402 g/mol. The van der Waals surface area contributed by atoms with Crippen molar-refractivity contribution in [1.29, 1.82) is 10.5 Å². The fraction of sp³-hybridized carbons (Fsp3) is 0.263. The molecule has 0 aromatic heterocycles. The van der Waals surface area contributed by atoms with Crippen LogP contribution in [0.3, 0.4) is 0 Å². The smallest absolute Gasteiger partial charge is 0.194 e. The highest BCUT2D eigenvalue weighted by Crippen LogP contribution is 2.25. The molecule has 8 heteroatoms. The van der Waals surface area contributed by atoms with Crippen molar-refractivity contribution in [1.82, 2.24) is 0 Å². The van der Waals surface area contributed by atoms with Crippen LogP contribution in [-0.4, -0.2) is 27.3 Å². The topological polar surface area (TPSA) is 116 Å². The SMILES string of the molecule is Cc1ccc(S(=O)(=O)[C@@H](C#N)C[C@H](C#N)S(=O)(=O)c2ccc(C)cc2)cc1. The zero-order valence-corrected chi connectivity index (χ0v) is 16.5. The number of hydrogen-bond donors (Lipinski definition) is 0. The summed E-state index contributed by atoms with van der Waals surface area (Å²) < 4.78 is 50.8. The second kappa shape index (κ2) is 7.91. The molecule has 0 amide bonds. The Bertz CT molecular complexity index is 1010. The van der Waals surface area contributed by atoms with Crippen molar-refractivity contribution < 1.29 is 16.8 Å². The first kappa shape index (κ1) is 20.6. The third kappa shape index (κ3) is 4.36. The Hall–Kier alpha value is -2.68. The Morgan fingerprint density at radius 1 is 0.704 bits per heavy atom. The Kier molecular flexibility index (Phi) is 6.04. The third-order valence-electron chi connectivity index (χ3n) is 4.16. The van der Waals surface area contributed by atoms with Crippen LogP contribution in [0.5, 0.6) is 0 Å². The first-order chi connectivity index (χ1) is 12.6. The van der Waals surface area contributed by atoms with E-state index in [9.17, 15) is 27.4 Å². The number of benzene rings is 2. The molecule has 0 radical (unpaired) electrons. The summed E-state index contributed by atoms with van der Waals surface area (Å²) in [7, 11) is -8.20. The van der Waals surface area contributed by atoms with Crippen LogP contribution in [0.25, 0.3) is 0 Å². The number of nitrogens with zero attached hydrogens (tertiary/aromatic N) is 2. The summed E-state index contributed by atoms with van der Waals surface area (Å²) in [6.45, 7) is 3.58. The van der Waals surface area contributed by atoms with E-state index in [0.29, 0.717) is 0 Å². The summed E-state index contributed by atoms with van der Waals surface area (Å²) in [5, 5.41) is 15.4. The van der Waals surface area contributed by atoms with Gasteiger partial charge in [-0.1, -0.05) is 35.4 Å². The summed E-state index contributed by atoms with van der Waals surface area (Å²) in [6.07, 6.45) is -0.626. The molecule has 0 saturated carbocycles. The molecule has 0 aliphatic carbocycles. The molecule has 2 atom stereocenters. The zero-order valence-electron chi connectivity index (χ0n) is 14.8. The van der Waals surface area contributed by atoms with E-state index in [0.717, 1.165) is 11.1 Å². The van der Waals surface area contributed by atoms with E-state index in [-0.39, 0.29) is 9.79 Å². The zero-order chi connectivity index (χ0) is 20.2. The highest BCUT2D eigenvalue weighted by atomic mass is 32.2. The van der Waals surface area contributed by atoms with Crippen LogP contribution >= 0.6 is 0 Å². The molecular formula is C19H18N2O4S2. The highest BCUT2D eigenvalue weighted by Gasteiger charge is 2.36. The number of rotatable bonds is 6. The normalized spacial score (nSPS) is 13.9. The average Bonchev–Trinajstić information content (AvgIpc) is 2.63. The molecule has 6 nitrogen and oxygen atoms in total. The lowest BCUT2D eigenvalue weighted by Gasteiger charge is -2.15. The number of hydrogen-bond acceptors (Lipinski definition) is 6. The first-order valence-electron chi connectivity index (χ1n) is 8.03. The van der Waals surface area contributed by atoms with Crippen LogP contribution in [-0.2, 0) is 19.7 Å². The van der Waals surface area contributed by atoms with Crippen molar-refractivity contribution in [3.8, 4) is 12.1 Å². The Morgan fingerprint density at radius 2 is 1.00 bits per heavy atom. The van der Waals surface area contributed by atoms with Crippen molar-refractivity contribution in [3.63, 3.8) is 0 Å². The number of sulfone groups is 2. The summed E-state index contributed by atoms with van der Waals surface area (Å²) in [6, 6.07) is 15.1. The predicted octanol–water partition coefficient (Wildman–Crippen LogP) is 2.73. The van der Waals surface area contributed by atoms with Gasteiger partial charge in [0.15, 0.2) is 30.2 Å². The predicted molar refractivity (Wildman–Crippen MR) is 100 cm³/mol. The fourth-order valence-corrected chi connectivity index (χ4v) is 5.46. The van der Waals surface area contributed by atoms with E-state index in [1.807, 2.05) is 0 Å². The molecule has 0 fully saturated rings. The maximum atomic E-state index is 12.7. The second-order valence-electron chi connectivity index (χ2n) is 6.19. The summed E-state index contributed by atoms with van der Waals surface area (Å²) >= 11 is 0. The standard InChI is InChI=1S/C19H18N2O4S2/c1-14-3-7-16(8-4-14)26(22,23)18(12-20)11-19(13-21)27(24,25)17-9-5-15(2)6-10-17/h3-10,18-19H,11H2,1-2H3/t18-,19-/m1/s1. The molecule has 2 aromatic carbocycles. The van der Waals surface area contributed by atoms with Gasteiger partial charge in [-0.3, -0.25) is 0 Å². The maximum absolute atomic E-state index is 12.7. The van der Waals surface area contributed by atoms with Crippen LogP contribution in [0.4, 0.5) is 0 Å². The van der Waals surface area contributed by atoms with Crippen LogP contribution < -0.4 is 0 Å². The van der Waals surface area contributed by atoms with Crippen molar-refractivity contribution in [2.24, 2.45) is 0 Å². The Morgan fingerprint density at radius 3 is 1.26 bits per heavy atom. The molecule has 0 aliphatic rings. The summed E-state index contributed by atoms with van der Waals surface area (Å²) in [4.78, 5) is -0.159. The minimum atomic E-state index is -4.10. The van der Waals surface area contributed by atoms with Gasteiger partial charge in [0.05, 0.1) is 21.9 Å². The van der Waals surface area contributed by atoms with Crippen molar-refractivity contribution in [2.75, 3.05) is 0 Å². The lowest BCUT2D eigenvalue weighted by molar-refractivity contribution is 0.576. The molecule has 140 valence electrons. The second-order valence-corrected chi connectivity index (χ2v) is 10.4. The lowest BCUT2D eigenvalue weighted by Crippen LogP contribution is -2.29. The van der Waals surface area contributed by atoms with Crippen LogP contribution in [0.2, 0.25) is 0 Å². The van der Waals surface area contributed by atoms with E-state index >= 15 is 0 Å². The van der Waals surface area contributed by atoms with Gasteiger partial charge in [-0.05, 0) is 38.1 Å². The van der Waals surface area contributed by atoms with Crippen LogP contribution in [0.15, 0.2) is 58.3 Å². The van der Waals surface area contributed by atoms with Crippen molar-refractivity contribution in [3.05, 3.63) is 59.7 Å². The highest BCUT2D eigenvalue weighted by molar-refractivity contribution is 7.93. The number of aryl methyl sites for hydroxylation is 2. The largest absolute Gasteiger partial charge is 0.222 e. The first-order valence-corrected chi connectivity index (χ1v) is 11.1. The molecule has 27 heavy (non-hydrogen) atoms. The summed E-state index contributed by atoms with van der Waals surface area (Å²) in [5.74, 6) is 0. The van der Waals surface area contributed by atoms with E-state index in [4.69, 9.17) is 0 Å².